The van der Waals surface area contributed by atoms with Gasteiger partial charge in [0.25, 0.3) is 0 Å². The summed E-state index contributed by atoms with van der Waals surface area (Å²) in [6.07, 6.45) is 1.96. The Kier molecular flexibility index (Phi) is 3.72. The number of rotatable bonds is 3. The number of methoxy groups -OCH3 is 1. The van der Waals surface area contributed by atoms with E-state index in [4.69, 9.17) is 15.9 Å². The number of aryl methyl sites for hydroxylation is 2. The Balaban J connectivity index is 1.84. The van der Waals surface area contributed by atoms with Crippen LogP contribution in [0.4, 0.5) is 11.4 Å². The van der Waals surface area contributed by atoms with Crippen molar-refractivity contribution in [3.63, 3.8) is 0 Å². The molecule has 0 radical (unpaired) electrons. The molecule has 5 rings (SSSR count). The molecular weight excluding hydrogens is 346 g/mol. The summed E-state index contributed by atoms with van der Waals surface area (Å²) in [5.41, 5.74) is 10.5. The van der Waals surface area contributed by atoms with Crippen molar-refractivity contribution in [2.24, 2.45) is 5.73 Å². The quantitative estimate of drug-likeness (QED) is 0.390. The van der Waals surface area contributed by atoms with Crippen molar-refractivity contribution in [2.75, 3.05) is 12.0 Å². The van der Waals surface area contributed by atoms with E-state index in [1.54, 1.807) is 7.11 Å². The summed E-state index contributed by atoms with van der Waals surface area (Å²) in [7, 11) is 1.66. The van der Waals surface area contributed by atoms with Crippen LogP contribution >= 0.6 is 0 Å². The van der Waals surface area contributed by atoms with Crippen LogP contribution in [0.15, 0.2) is 66.7 Å². The molecule has 4 aromatic carbocycles. The Labute approximate surface area is 163 Å². The summed E-state index contributed by atoms with van der Waals surface area (Å²) in [6.45, 7) is 0. The molecule has 0 bridgehead atoms. The van der Waals surface area contributed by atoms with E-state index in [1.165, 1.54) is 21.9 Å². The number of hydrogen-bond donors (Lipinski definition) is 2. The number of nitrogens with one attached hydrogen (secondary N) is 1. The Morgan fingerprint density at radius 2 is 1.71 bits per heavy atom. The maximum Gasteiger partial charge on any atom is 0.197 e. The van der Waals surface area contributed by atoms with Crippen molar-refractivity contribution in [3.05, 3.63) is 77.9 Å². The van der Waals surface area contributed by atoms with Gasteiger partial charge in [-0.1, -0.05) is 54.6 Å². The summed E-state index contributed by atoms with van der Waals surface area (Å²) in [5, 5.41) is 13.0. The molecule has 1 aliphatic rings. The number of hydrogen-bond acceptors (Lipinski definition) is 2. The molecule has 1 aliphatic carbocycles. The van der Waals surface area contributed by atoms with Crippen LogP contribution in [0.1, 0.15) is 11.1 Å². The van der Waals surface area contributed by atoms with E-state index in [1.807, 2.05) is 29.2 Å². The van der Waals surface area contributed by atoms with Crippen LogP contribution in [0, 0.1) is 5.41 Å². The van der Waals surface area contributed by atoms with Crippen molar-refractivity contribution in [2.45, 2.75) is 12.8 Å². The third-order valence-corrected chi connectivity index (χ3v) is 5.65. The topological polar surface area (TPSA) is 62.3 Å². The minimum atomic E-state index is -0.0189. The largest absolute Gasteiger partial charge is 0.495 e. The molecular formula is C24H21N3O. The predicted octanol–water partition coefficient (Wildman–Crippen LogP) is 5.13. The number of guanidine groups is 1. The van der Waals surface area contributed by atoms with Gasteiger partial charge in [-0.25, -0.2) is 0 Å². The van der Waals surface area contributed by atoms with Crippen molar-refractivity contribution >= 4 is 38.9 Å². The van der Waals surface area contributed by atoms with Crippen LogP contribution in [-0.4, -0.2) is 13.1 Å². The second-order valence-electron chi connectivity index (χ2n) is 7.14. The van der Waals surface area contributed by atoms with E-state index >= 15 is 0 Å². The molecule has 0 spiro atoms. The second-order valence-corrected chi connectivity index (χ2v) is 7.14. The van der Waals surface area contributed by atoms with Crippen molar-refractivity contribution < 1.29 is 4.74 Å². The normalized spacial score (nSPS) is 12.5. The molecule has 0 fully saturated rings. The van der Waals surface area contributed by atoms with Crippen molar-refractivity contribution in [1.29, 1.82) is 5.41 Å². The molecule has 4 aromatic rings. The highest BCUT2D eigenvalue weighted by molar-refractivity contribution is 6.12. The number of ether oxygens (including phenoxy) is 1. The van der Waals surface area contributed by atoms with Crippen LogP contribution in [0.3, 0.4) is 0 Å². The molecule has 0 aromatic heterocycles. The highest BCUT2D eigenvalue weighted by atomic mass is 16.5. The molecule has 4 heteroatoms. The van der Waals surface area contributed by atoms with Gasteiger partial charge in [-0.15, -0.1) is 0 Å². The maximum atomic E-state index is 8.42. The van der Waals surface area contributed by atoms with Crippen molar-refractivity contribution in [3.8, 4) is 5.75 Å². The van der Waals surface area contributed by atoms with Gasteiger partial charge in [0.15, 0.2) is 5.96 Å². The molecule has 4 nitrogen and oxygen atoms in total. The third kappa shape index (κ3) is 2.34. The fourth-order valence-electron chi connectivity index (χ4n) is 4.46. The van der Waals surface area contributed by atoms with Crippen LogP contribution in [-0.2, 0) is 12.8 Å². The Morgan fingerprint density at radius 3 is 2.54 bits per heavy atom. The Hall–Kier alpha value is -3.53. The first kappa shape index (κ1) is 16.6. The lowest BCUT2D eigenvalue weighted by Crippen LogP contribution is -2.33. The van der Waals surface area contributed by atoms with Gasteiger partial charge in [-0.05, 0) is 52.3 Å². The lowest BCUT2D eigenvalue weighted by Gasteiger charge is -2.28. The zero-order valence-corrected chi connectivity index (χ0v) is 15.7. The lowest BCUT2D eigenvalue weighted by molar-refractivity contribution is 0.416. The minimum Gasteiger partial charge on any atom is -0.495 e. The highest BCUT2D eigenvalue weighted by Gasteiger charge is 2.26. The van der Waals surface area contributed by atoms with Gasteiger partial charge in [0.1, 0.15) is 5.75 Å². The molecule has 0 atom stereocenters. The molecule has 138 valence electrons. The number of nitrogens with zero attached hydrogens (tertiary/aromatic N) is 1. The van der Waals surface area contributed by atoms with Crippen LogP contribution in [0.2, 0.25) is 0 Å². The molecule has 0 aliphatic heterocycles. The van der Waals surface area contributed by atoms with Gasteiger partial charge in [0, 0.05) is 5.39 Å². The minimum absolute atomic E-state index is 0.0189. The van der Waals surface area contributed by atoms with E-state index in [2.05, 4.69) is 42.5 Å². The third-order valence-electron chi connectivity index (χ3n) is 5.65. The number of benzene rings is 4. The van der Waals surface area contributed by atoms with Crippen LogP contribution < -0.4 is 15.4 Å². The summed E-state index contributed by atoms with van der Waals surface area (Å²) in [5.74, 6) is 0.683. The molecule has 0 saturated carbocycles. The molecule has 3 N–H and O–H groups in total. The zero-order chi connectivity index (χ0) is 19.3. The van der Waals surface area contributed by atoms with E-state index in [9.17, 15) is 0 Å². The molecule has 0 amide bonds. The predicted molar refractivity (Wildman–Crippen MR) is 116 cm³/mol. The fraction of sp³-hybridized carbons (Fsp3) is 0.125. The van der Waals surface area contributed by atoms with Gasteiger partial charge < -0.3 is 10.5 Å². The van der Waals surface area contributed by atoms with Gasteiger partial charge in [0.05, 0.1) is 18.5 Å². The van der Waals surface area contributed by atoms with E-state index in [0.29, 0.717) is 5.75 Å². The summed E-state index contributed by atoms with van der Waals surface area (Å²) in [4.78, 5) is 1.83. The Bertz CT molecular complexity index is 1250. The van der Waals surface area contributed by atoms with Crippen molar-refractivity contribution in [1.82, 2.24) is 0 Å². The van der Waals surface area contributed by atoms with Crippen LogP contribution in [0.5, 0.6) is 5.75 Å². The number of anilines is 2. The first-order valence-corrected chi connectivity index (χ1v) is 9.42. The summed E-state index contributed by atoms with van der Waals surface area (Å²) >= 11 is 0. The first-order valence-electron chi connectivity index (χ1n) is 9.42. The average Bonchev–Trinajstić information content (AvgIpc) is 3.15. The summed E-state index contributed by atoms with van der Waals surface area (Å²) < 4.78 is 5.69. The van der Waals surface area contributed by atoms with E-state index in [0.717, 1.165) is 35.0 Å². The van der Waals surface area contributed by atoms with E-state index < -0.39 is 0 Å². The first-order chi connectivity index (χ1) is 13.7. The maximum absolute atomic E-state index is 8.42. The zero-order valence-electron chi connectivity index (χ0n) is 15.7. The van der Waals surface area contributed by atoms with Gasteiger partial charge in [0.2, 0.25) is 0 Å². The van der Waals surface area contributed by atoms with Gasteiger partial charge in [-0.3, -0.25) is 10.3 Å². The fourth-order valence-corrected chi connectivity index (χ4v) is 4.46. The molecule has 0 saturated heterocycles. The lowest BCUT2D eigenvalue weighted by atomic mass is 10.0. The number of nitrogens with two attached hydrogens (primary N) is 1. The Morgan fingerprint density at radius 1 is 0.929 bits per heavy atom. The smallest absolute Gasteiger partial charge is 0.197 e. The molecule has 0 unspecified atom stereocenters. The number of fused-ring (bicyclic) bond motifs is 1. The van der Waals surface area contributed by atoms with Gasteiger partial charge >= 0.3 is 0 Å². The SMILES string of the molecule is COc1ccc2ccccc2c1N(C(=N)N)c1ccc2cccc3c2c1CC3. The van der Waals surface area contributed by atoms with Gasteiger partial charge in [-0.2, -0.15) is 0 Å². The average molecular weight is 367 g/mol. The monoisotopic (exact) mass is 367 g/mol. The summed E-state index contributed by atoms with van der Waals surface area (Å²) in [6, 6.07) is 22.8. The highest BCUT2D eigenvalue weighted by Crippen LogP contribution is 2.44. The van der Waals surface area contributed by atoms with E-state index in [-0.39, 0.29) is 5.96 Å². The molecule has 28 heavy (non-hydrogen) atoms. The van der Waals surface area contributed by atoms with Crippen LogP contribution in [0.25, 0.3) is 21.5 Å². The molecule has 0 heterocycles. The standard InChI is InChI=1S/C24H21N3O/c1-28-21-14-11-15-5-2-3-8-18(15)23(21)27(24(25)26)20-13-10-17-7-4-6-16-9-12-19(20)22(16)17/h2-8,10-11,13-14H,9,12H2,1H3,(H3,25,26). The second kappa shape index (κ2) is 6.27.